The predicted octanol–water partition coefficient (Wildman–Crippen LogP) is 3.35. The van der Waals surface area contributed by atoms with E-state index < -0.39 is 0 Å². The van der Waals surface area contributed by atoms with Gasteiger partial charge in [-0.05, 0) is 44.0 Å². The summed E-state index contributed by atoms with van der Waals surface area (Å²) in [7, 11) is 0. The van der Waals surface area contributed by atoms with E-state index in [2.05, 4.69) is 10.6 Å². The maximum absolute atomic E-state index is 11.6. The lowest BCUT2D eigenvalue weighted by Crippen LogP contribution is -2.27. The normalized spacial score (nSPS) is 16.4. The largest absolute Gasteiger partial charge is 0.382 e. The molecule has 1 heterocycles. The molecule has 0 bridgehead atoms. The van der Waals surface area contributed by atoms with Crippen LogP contribution in [0.2, 0.25) is 0 Å². The summed E-state index contributed by atoms with van der Waals surface area (Å²) >= 11 is 0. The molecule has 2 rings (SSSR count). The zero-order valence-corrected chi connectivity index (χ0v) is 12.3. The number of rotatable bonds is 5. The van der Waals surface area contributed by atoms with Crippen molar-refractivity contribution in [1.82, 2.24) is 0 Å². The average molecular weight is 286 g/mol. The molecule has 0 radical (unpaired) electrons. The Morgan fingerprint density at radius 2 is 1.81 bits per heavy atom. The number of benzene rings is 1. The first kappa shape index (κ1) is 15.3. The highest BCUT2D eigenvalue weighted by molar-refractivity contribution is 5.99. The van der Waals surface area contributed by atoms with E-state index in [0.717, 1.165) is 37.4 Å². The van der Waals surface area contributed by atoms with E-state index in [1.54, 1.807) is 6.08 Å². The van der Waals surface area contributed by atoms with E-state index >= 15 is 0 Å². The Labute approximate surface area is 125 Å². The monoisotopic (exact) mass is 286 g/mol. The van der Waals surface area contributed by atoms with Gasteiger partial charge in [0.25, 0.3) is 0 Å². The van der Waals surface area contributed by atoms with Gasteiger partial charge in [0.05, 0.1) is 0 Å². The molecule has 1 fully saturated rings. The third-order valence-corrected chi connectivity index (χ3v) is 3.30. The van der Waals surface area contributed by atoms with E-state index in [1.165, 1.54) is 6.08 Å². The highest BCUT2D eigenvalue weighted by Crippen LogP contribution is 2.17. The fraction of sp³-hybridized carbons (Fsp3) is 0.353. The number of amides is 1. The standard InChI is InChI=1S/C17H22N2O2/c1-2-3-4-5-17(20)19-15-8-6-14(7-9-15)18-16-10-12-21-13-11-16/h2-9,16,18H,10-13H2,1H3,(H,19,20)/b3-2+,5-4-. The Hall–Kier alpha value is -2.07. The quantitative estimate of drug-likeness (QED) is 0.644. The molecule has 4 nitrogen and oxygen atoms in total. The van der Waals surface area contributed by atoms with Crippen LogP contribution in [0.25, 0.3) is 0 Å². The number of anilines is 2. The Morgan fingerprint density at radius 1 is 1.14 bits per heavy atom. The van der Waals surface area contributed by atoms with Crippen LogP contribution in [-0.4, -0.2) is 25.2 Å². The summed E-state index contributed by atoms with van der Waals surface area (Å²) in [4.78, 5) is 11.6. The Balaban J connectivity index is 1.85. The second-order valence-electron chi connectivity index (χ2n) is 4.98. The first-order valence-corrected chi connectivity index (χ1v) is 7.32. The van der Waals surface area contributed by atoms with Crippen molar-refractivity contribution in [2.24, 2.45) is 0 Å². The molecule has 1 aromatic carbocycles. The minimum atomic E-state index is -0.127. The van der Waals surface area contributed by atoms with E-state index in [1.807, 2.05) is 43.3 Å². The number of hydrogen-bond acceptors (Lipinski definition) is 3. The summed E-state index contributed by atoms with van der Waals surface area (Å²) in [5.41, 5.74) is 1.87. The molecule has 1 aliphatic rings. The minimum absolute atomic E-state index is 0.127. The van der Waals surface area contributed by atoms with Crippen LogP contribution in [0.1, 0.15) is 19.8 Å². The molecule has 2 N–H and O–H groups in total. The fourth-order valence-electron chi connectivity index (χ4n) is 2.17. The van der Waals surface area contributed by atoms with Gasteiger partial charge in [0.1, 0.15) is 0 Å². The van der Waals surface area contributed by atoms with Gasteiger partial charge in [-0.25, -0.2) is 0 Å². The van der Waals surface area contributed by atoms with Crippen LogP contribution < -0.4 is 10.6 Å². The minimum Gasteiger partial charge on any atom is -0.382 e. The molecule has 0 unspecified atom stereocenters. The molecule has 0 aliphatic carbocycles. The molecule has 0 spiro atoms. The van der Waals surface area contributed by atoms with Crippen LogP contribution in [0.4, 0.5) is 11.4 Å². The average Bonchev–Trinajstić information content (AvgIpc) is 2.51. The summed E-state index contributed by atoms with van der Waals surface area (Å²) in [5, 5.41) is 6.31. The van der Waals surface area contributed by atoms with E-state index in [9.17, 15) is 4.79 Å². The number of carbonyl (C=O) groups is 1. The van der Waals surface area contributed by atoms with Gasteiger partial charge >= 0.3 is 0 Å². The van der Waals surface area contributed by atoms with Crippen molar-refractivity contribution < 1.29 is 9.53 Å². The number of ether oxygens (including phenoxy) is 1. The van der Waals surface area contributed by atoms with Crippen LogP contribution in [0.15, 0.2) is 48.6 Å². The lowest BCUT2D eigenvalue weighted by Gasteiger charge is -2.24. The van der Waals surface area contributed by atoms with Gasteiger partial charge in [0, 0.05) is 36.7 Å². The molecule has 1 amide bonds. The SMILES string of the molecule is C/C=C/C=C\C(=O)Nc1ccc(NC2CCOCC2)cc1. The molecule has 0 atom stereocenters. The van der Waals surface area contributed by atoms with Gasteiger partial charge in [-0.2, -0.15) is 0 Å². The van der Waals surface area contributed by atoms with Crippen LogP contribution in [0.5, 0.6) is 0 Å². The van der Waals surface area contributed by atoms with Crippen LogP contribution >= 0.6 is 0 Å². The lowest BCUT2D eigenvalue weighted by atomic mass is 10.1. The maximum Gasteiger partial charge on any atom is 0.248 e. The zero-order chi connectivity index (χ0) is 14.9. The molecule has 1 saturated heterocycles. The molecule has 0 aromatic heterocycles. The third-order valence-electron chi connectivity index (χ3n) is 3.30. The molecule has 1 aliphatic heterocycles. The second-order valence-corrected chi connectivity index (χ2v) is 4.98. The first-order valence-electron chi connectivity index (χ1n) is 7.32. The molecule has 4 heteroatoms. The Bertz CT molecular complexity index is 500. The number of allylic oxidation sites excluding steroid dienone is 3. The first-order chi connectivity index (χ1) is 10.3. The number of hydrogen-bond donors (Lipinski definition) is 2. The van der Waals surface area contributed by atoms with Gasteiger partial charge in [-0.3, -0.25) is 4.79 Å². The van der Waals surface area contributed by atoms with Crippen molar-refractivity contribution in [3.05, 3.63) is 48.6 Å². The number of carbonyl (C=O) groups excluding carboxylic acids is 1. The zero-order valence-electron chi connectivity index (χ0n) is 12.3. The fourth-order valence-corrected chi connectivity index (χ4v) is 2.17. The van der Waals surface area contributed by atoms with Crippen molar-refractivity contribution in [1.29, 1.82) is 0 Å². The van der Waals surface area contributed by atoms with Crippen molar-refractivity contribution in [2.75, 3.05) is 23.8 Å². The van der Waals surface area contributed by atoms with Gasteiger partial charge in [0.2, 0.25) is 5.91 Å². The van der Waals surface area contributed by atoms with Crippen molar-refractivity contribution >= 4 is 17.3 Å². The molecular formula is C17H22N2O2. The maximum atomic E-state index is 11.6. The molecule has 1 aromatic rings. The molecular weight excluding hydrogens is 264 g/mol. The van der Waals surface area contributed by atoms with Gasteiger partial charge in [0.15, 0.2) is 0 Å². The van der Waals surface area contributed by atoms with Gasteiger partial charge in [-0.1, -0.05) is 18.2 Å². The summed E-state index contributed by atoms with van der Waals surface area (Å²) in [6.45, 7) is 3.56. The topological polar surface area (TPSA) is 50.4 Å². The lowest BCUT2D eigenvalue weighted by molar-refractivity contribution is -0.111. The van der Waals surface area contributed by atoms with E-state index in [4.69, 9.17) is 4.74 Å². The summed E-state index contributed by atoms with van der Waals surface area (Å²) < 4.78 is 5.34. The van der Waals surface area contributed by atoms with E-state index in [-0.39, 0.29) is 5.91 Å². The van der Waals surface area contributed by atoms with Crippen molar-refractivity contribution in [3.63, 3.8) is 0 Å². The Morgan fingerprint density at radius 3 is 2.48 bits per heavy atom. The van der Waals surface area contributed by atoms with Gasteiger partial charge in [-0.15, -0.1) is 0 Å². The predicted molar refractivity (Wildman–Crippen MR) is 86.5 cm³/mol. The van der Waals surface area contributed by atoms with Gasteiger partial charge < -0.3 is 15.4 Å². The Kier molecular flexibility index (Phi) is 6.03. The number of nitrogens with one attached hydrogen (secondary N) is 2. The summed E-state index contributed by atoms with van der Waals surface area (Å²) in [6, 6.07) is 8.26. The van der Waals surface area contributed by atoms with Crippen LogP contribution in [0.3, 0.4) is 0 Å². The third kappa shape index (κ3) is 5.44. The van der Waals surface area contributed by atoms with Crippen LogP contribution in [0, 0.1) is 0 Å². The van der Waals surface area contributed by atoms with Crippen molar-refractivity contribution in [2.45, 2.75) is 25.8 Å². The highest BCUT2D eigenvalue weighted by Gasteiger charge is 2.12. The smallest absolute Gasteiger partial charge is 0.248 e. The van der Waals surface area contributed by atoms with Crippen LogP contribution in [-0.2, 0) is 9.53 Å². The molecule has 0 saturated carbocycles. The summed E-state index contributed by atoms with van der Waals surface area (Å²) in [6.07, 6.45) is 8.99. The highest BCUT2D eigenvalue weighted by atomic mass is 16.5. The second kappa shape index (κ2) is 8.27. The molecule has 112 valence electrons. The van der Waals surface area contributed by atoms with Crippen molar-refractivity contribution in [3.8, 4) is 0 Å². The summed E-state index contributed by atoms with van der Waals surface area (Å²) in [5.74, 6) is -0.127. The van der Waals surface area contributed by atoms with E-state index in [0.29, 0.717) is 6.04 Å². The molecule has 21 heavy (non-hydrogen) atoms.